The molecule has 2 heterocycles. The molecule has 0 aliphatic rings. The number of aromatic amines is 1. The van der Waals surface area contributed by atoms with E-state index in [2.05, 4.69) is 22.2 Å². The molecule has 0 fully saturated rings. The van der Waals surface area contributed by atoms with Crippen molar-refractivity contribution in [2.24, 2.45) is 0 Å². The number of carbonyl (C=O) groups is 1. The van der Waals surface area contributed by atoms with Gasteiger partial charge in [0.25, 0.3) is 0 Å². The highest BCUT2D eigenvalue weighted by Crippen LogP contribution is 2.24. The van der Waals surface area contributed by atoms with Gasteiger partial charge in [-0.1, -0.05) is 19.4 Å². The van der Waals surface area contributed by atoms with Crippen LogP contribution in [0.1, 0.15) is 31.5 Å². The van der Waals surface area contributed by atoms with Crippen LogP contribution in [0.5, 0.6) is 11.6 Å². The standard InChI is InChI=1S/C22H27N3O3/c1-3-5-18-6-4-7-22(25-18)28-13-12-27-19-8-9-21-20(14-19)17(15-24-21)10-11-23-16(2)26/h4,6-9,14-15,24H,3,5,10-13H2,1-2H3,(H,23,26). The molecule has 0 aliphatic carbocycles. The monoisotopic (exact) mass is 381 g/mol. The fourth-order valence-electron chi connectivity index (χ4n) is 3.07. The molecular weight excluding hydrogens is 354 g/mol. The van der Waals surface area contributed by atoms with Gasteiger partial charge in [-0.3, -0.25) is 4.79 Å². The fraction of sp³-hybridized carbons (Fsp3) is 0.364. The molecule has 148 valence electrons. The van der Waals surface area contributed by atoms with Crippen LogP contribution >= 0.6 is 0 Å². The van der Waals surface area contributed by atoms with Crippen LogP contribution in [0.15, 0.2) is 42.6 Å². The summed E-state index contributed by atoms with van der Waals surface area (Å²) >= 11 is 0. The molecule has 0 radical (unpaired) electrons. The van der Waals surface area contributed by atoms with Crippen LogP contribution in [0.3, 0.4) is 0 Å². The number of fused-ring (bicyclic) bond motifs is 1. The minimum atomic E-state index is -0.0152. The predicted molar refractivity (Wildman–Crippen MR) is 110 cm³/mol. The summed E-state index contributed by atoms with van der Waals surface area (Å²) in [5.41, 5.74) is 3.26. The lowest BCUT2D eigenvalue weighted by Gasteiger charge is -2.09. The SMILES string of the molecule is CCCc1cccc(OCCOc2ccc3[nH]cc(CCNC(C)=O)c3c2)n1. The van der Waals surface area contributed by atoms with Crippen LogP contribution in [0.2, 0.25) is 0 Å². The Balaban J connectivity index is 1.52. The van der Waals surface area contributed by atoms with Crippen LogP contribution in [0.4, 0.5) is 0 Å². The van der Waals surface area contributed by atoms with Crippen LogP contribution in [-0.4, -0.2) is 35.6 Å². The Bertz CT molecular complexity index is 920. The average molecular weight is 381 g/mol. The lowest BCUT2D eigenvalue weighted by Crippen LogP contribution is -2.22. The van der Waals surface area contributed by atoms with E-state index in [0.717, 1.165) is 47.2 Å². The summed E-state index contributed by atoms with van der Waals surface area (Å²) in [5.74, 6) is 1.42. The van der Waals surface area contributed by atoms with Gasteiger partial charge in [-0.2, -0.15) is 0 Å². The van der Waals surface area contributed by atoms with E-state index in [4.69, 9.17) is 9.47 Å². The number of hydrogen-bond donors (Lipinski definition) is 2. The van der Waals surface area contributed by atoms with Gasteiger partial charge in [0.15, 0.2) is 0 Å². The Hall–Kier alpha value is -3.02. The zero-order chi connectivity index (χ0) is 19.8. The van der Waals surface area contributed by atoms with Crippen molar-refractivity contribution in [3.8, 4) is 11.6 Å². The summed E-state index contributed by atoms with van der Waals surface area (Å²) in [5, 5.41) is 3.93. The number of hydrogen-bond acceptors (Lipinski definition) is 4. The Morgan fingerprint density at radius 3 is 2.82 bits per heavy atom. The second-order valence-corrected chi connectivity index (χ2v) is 6.67. The van der Waals surface area contributed by atoms with E-state index in [1.807, 2.05) is 42.6 Å². The summed E-state index contributed by atoms with van der Waals surface area (Å²) in [7, 11) is 0. The van der Waals surface area contributed by atoms with Crippen molar-refractivity contribution in [1.82, 2.24) is 15.3 Å². The normalized spacial score (nSPS) is 10.8. The first kappa shape index (κ1) is 19.7. The number of aromatic nitrogens is 2. The minimum absolute atomic E-state index is 0.0152. The largest absolute Gasteiger partial charge is 0.490 e. The first-order valence-corrected chi connectivity index (χ1v) is 9.71. The second kappa shape index (κ2) is 9.78. The van der Waals surface area contributed by atoms with E-state index >= 15 is 0 Å². The van der Waals surface area contributed by atoms with Crippen molar-refractivity contribution >= 4 is 16.8 Å². The first-order valence-electron chi connectivity index (χ1n) is 9.71. The number of amides is 1. The van der Waals surface area contributed by atoms with Gasteiger partial charge in [0.1, 0.15) is 19.0 Å². The summed E-state index contributed by atoms with van der Waals surface area (Å²) in [6.07, 6.45) is 4.77. The van der Waals surface area contributed by atoms with Gasteiger partial charge in [-0.15, -0.1) is 0 Å². The highest BCUT2D eigenvalue weighted by Gasteiger charge is 2.06. The highest BCUT2D eigenvalue weighted by molar-refractivity contribution is 5.84. The maximum Gasteiger partial charge on any atom is 0.216 e. The third kappa shape index (κ3) is 5.49. The van der Waals surface area contributed by atoms with Crippen LogP contribution < -0.4 is 14.8 Å². The first-order chi connectivity index (χ1) is 13.7. The van der Waals surface area contributed by atoms with Crippen molar-refractivity contribution in [3.63, 3.8) is 0 Å². The van der Waals surface area contributed by atoms with Crippen molar-refractivity contribution in [2.75, 3.05) is 19.8 Å². The quantitative estimate of drug-likeness (QED) is 0.526. The molecular formula is C22H27N3O3. The van der Waals surface area contributed by atoms with E-state index in [9.17, 15) is 4.79 Å². The number of carbonyl (C=O) groups excluding carboxylic acids is 1. The van der Waals surface area contributed by atoms with Crippen molar-refractivity contribution in [3.05, 3.63) is 53.9 Å². The number of nitrogens with zero attached hydrogens (tertiary/aromatic N) is 1. The number of H-pyrrole nitrogens is 1. The molecule has 1 aromatic carbocycles. The van der Waals surface area contributed by atoms with Crippen molar-refractivity contribution in [1.29, 1.82) is 0 Å². The number of ether oxygens (including phenoxy) is 2. The topological polar surface area (TPSA) is 76.2 Å². The van der Waals surface area contributed by atoms with Crippen LogP contribution in [0.25, 0.3) is 10.9 Å². The van der Waals surface area contributed by atoms with Gasteiger partial charge >= 0.3 is 0 Å². The number of pyridine rings is 1. The Morgan fingerprint density at radius 1 is 1.14 bits per heavy atom. The summed E-state index contributed by atoms with van der Waals surface area (Å²) < 4.78 is 11.5. The lowest BCUT2D eigenvalue weighted by atomic mass is 10.1. The summed E-state index contributed by atoms with van der Waals surface area (Å²) in [4.78, 5) is 18.8. The summed E-state index contributed by atoms with van der Waals surface area (Å²) in [6, 6.07) is 11.8. The zero-order valence-electron chi connectivity index (χ0n) is 16.5. The Kier molecular flexibility index (Phi) is 6.89. The predicted octanol–water partition coefficient (Wildman–Crippen LogP) is 3.65. The maximum absolute atomic E-state index is 11.0. The van der Waals surface area contributed by atoms with E-state index < -0.39 is 0 Å². The molecule has 0 spiro atoms. The number of benzene rings is 1. The Labute approximate surface area is 165 Å². The van der Waals surface area contributed by atoms with Gasteiger partial charge in [0.05, 0.1) is 0 Å². The molecule has 0 unspecified atom stereocenters. The fourth-order valence-corrected chi connectivity index (χ4v) is 3.07. The zero-order valence-corrected chi connectivity index (χ0v) is 16.5. The van der Waals surface area contributed by atoms with Crippen LogP contribution in [-0.2, 0) is 17.6 Å². The maximum atomic E-state index is 11.0. The molecule has 28 heavy (non-hydrogen) atoms. The third-order valence-corrected chi connectivity index (χ3v) is 4.40. The molecule has 0 bridgehead atoms. The molecule has 1 amide bonds. The van der Waals surface area contributed by atoms with E-state index in [1.165, 1.54) is 6.92 Å². The molecule has 2 aromatic heterocycles. The molecule has 6 heteroatoms. The number of rotatable bonds is 10. The van der Waals surface area contributed by atoms with Gasteiger partial charge in [0.2, 0.25) is 11.8 Å². The Morgan fingerprint density at radius 2 is 2.00 bits per heavy atom. The molecule has 0 saturated heterocycles. The minimum Gasteiger partial charge on any atom is -0.490 e. The second-order valence-electron chi connectivity index (χ2n) is 6.67. The molecule has 0 atom stereocenters. The van der Waals surface area contributed by atoms with Crippen LogP contribution in [0, 0.1) is 0 Å². The molecule has 0 aliphatic heterocycles. The lowest BCUT2D eigenvalue weighted by molar-refractivity contribution is -0.118. The number of nitrogens with one attached hydrogen (secondary N) is 2. The van der Waals surface area contributed by atoms with Gasteiger partial charge < -0.3 is 19.8 Å². The summed E-state index contributed by atoms with van der Waals surface area (Å²) in [6.45, 7) is 5.15. The molecule has 0 saturated carbocycles. The van der Waals surface area contributed by atoms with Crippen molar-refractivity contribution in [2.45, 2.75) is 33.1 Å². The smallest absolute Gasteiger partial charge is 0.216 e. The van der Waals surface area contributed by atoms with Gasteiger partial charge in [-0.25, -0.2) is 4.98 Å². The molecule has 3 aromatic rings. The molecule has 6 nitrogen and oxygen atoms in total. The number of aryl methyl sites for hydroxylation is 1. The van der Waals surface area contributed by atoms with Crippen molar-refractivity contribution < 1.29 is 14.3 Å². The molecule has 2 N–H and O–H groups in total. The average Bonchev–Trinajstić information content (AvgIpc) is 3.08. The van der Waals surface area contributed by atoms with E-state index in [0.29, 0.717) is 25.6 Å². The van der Waals surface area contributed by atoms with Gasteiger partial charge in [0, 0.05) is 42.3 Å². The highest BCUT2D eigenvalue weighted by atomic mass is 16.5. The van der Waals surface area contributed by atoms with Gasteiger partial charge in [-0.05, 0) is 42.7 Å². The molecule has 3 rings (SSSR count). The van der Waals surface area contributed by atoms with E-state index in [1.54, 1.807) is 0 Å². The van der Waals surface area contributed by atoms with E-state index in [-0.39, 0.29) is 5.91 Å². The third-order valence-electron chi connectivity index (χ3n) is 4.40.